The summed E-state index contributed by atoms with van der Waals surface area (Å²) in [7, 11) is 0. The molecule has 2 N–H and O–H groups in total. The number of benzene rings is 1. The molecule has 1 aromatic rings. The zero-order valence-electron chi connectivity index (χ0n) is 10.2. The number of aliphatic hydroxyl groups is 1. The van der Waals surface area contributed by atoms with Gasteiger partial charge < -0.3 is 10.4 Å². The van der Waals surface area contributed by atoms with E-state index in [0.29, 0.717) is 12.5 Å². The Hall–Kier alpha value is -0.0900. The standard InChI is InChI=1S/C13H19BrClNO/c1-9(2)5-12(17)8-16-7-10-3-4-11(15)6-13(10)14/h3-4,6,9,12,16-17H,5,7-8H2,1-2H3. The van der Waals surface area contributed by atoms with Crippen molar-refractivity contribution in [3.05, 3.63) is 33.3 Å². The van der Waals surface area contributed by atoms with Crippen LogP contribution in [0.2, 0.25) is 5.02 Å². The Morgan fingerprint density at radius 2 is 2.12 bits per heavy atom. The SMILES string of the molecule is CC(C)CC(O)CNCc1ccc(Cl)cc1Br. The van der Waals surface area contributed by atoms with Crippen molar-refractivity contribution < 1.29 is 5.11 Å². The van der Waals surface area contributed by atoms with Crippen LogP contribution in [-0.2, 0) is 6.54 Å². The number of nitrogens with one attached hydrogen (secondary N) is 1. The monoisotopic (exact) mass is 319 g/mol. The molecule has 0 radical (unpaired) electrons. The van der Waals surface area contributed by atoms with Crippen LogP contribution in [0.25, 0.3) is 0 Å². The van der Waals surface area contributed by atoms with E-state index in [0.717, 1.165) is 28.0 Å². The molecule has 0 bridgehead atoms. The van der Waals surface area contributed by atoms with E-state index >= 15 is 0 Å². The first kappa shape index (κ1) is 15.0. The molecule has 0 saturated carbocycles. The van der Waals surface area contributed by atoms with E-state index in [-0.39, 0.29) is 6.10 Å². The molecule has 0 heterocycles. The second-order valence-electron chi connectivity index (χ2n) is 4.65. The summed E-state index contributed by atoms with van der Waals surface area (Å²) >= 11 is 9.34. The quantitative estimate of drug-likeness (QED) is 0.839. The van der Waals surface area contributed by atoms with Gasteiger partial charge in [0.15, 0.2) is 0 Å². The number of hydrogen-bond acceptors (Lipinski definition) is 2. The van der Waals surface area contributed by atoms with Crippen molar-refractivity contribution in [2.24, 2.45) is 5.92 Å². The fourth-order valence-corrected chi connectivity index (χ4v) is 2.49. The first-order valence-electron chi connectivity index (χ1n) is 5.81. The maximum Gasteiger partial charge on any atom is 0.0667 e. The lowest BCUT2D eigenvalue weighted by molar-refractivity contribution is 0.146. The van der Waals surface area contributed by atoms with Crippen LogP contribution in [0.4, 0.5) is 0 Å². The Kier molecular flexibility index (Phi) is 6.49. The number of aliphatic hydroxyl groups excluding tert-OH is 1. The molecule has 1 atom stereocenters. The van der Waals surface area contributed by atoms with Crippen LogP contribution in [0.3, 0.4) is 0 Å². The smallest absolute Gasteiger partial charge is 0.0667 e. The highest BCUT2D eigenvalue weighted by atomic mass is 79.9. The zero-order chi connectivity index (χ0) is 12.8. The number of rotatable bonds is 6. The van der Waals surface area contributed by atoms with Crippen molar-refractivity contribution >= 4 is 27.5 Å². The highest BCUT2D eigenvalue weighted by Crippen LogP contribution is 2.21. The summed E-state index contributed by atoms with van der Waals surface area (Å²) in [6, 6.07) is 5.73. The molecule has 4 heteroatoms. The summed E-state index contributed by atoms with van der Waals surface area (Å²) in [5, 5.41) is 13.7. The molecule has 0 fully saturated rings. The molecule has 0 aromatic heterocycles. The van der Waals surface area contributed by atoms with E-state index in [4.69, 9.17) is 11.6 Å². The highest BCUT2D eigenvalue weighted by molar-refractivity contribution is 9.10. The van der Waals surface area contributed by atoms with Gasteiger partial charge in [-0.15, -0.1) is 0 Å². The molecule has 0 aliphatic heterocycles. The van der Waals surface area contributed by atoms with E-state index in [2.05, 4.69) is 35.1 Å². The molecule has 0 spiro atoms. The van der Waals surface area contributed by atoms with Crippen LogP contribution in [-0.4, -0.2) is 17.8 Å². The molecule has 1 unspecified atom stereocenters. The van der Waals surface area contributed by atoms with E-state index in [9.17, 15) is 5.11 Å². The molecule has 1 rings (SSSR count). The molecular formula is C13H19BrClNO. The van der Waals surface area contributed by atoms with E-state index < -0.39 is 0 Å². The van der Waals surface area contributed by atoms with Gasteiger partial charge in [-0.2, -0.15) is 0 Å². The van der Waals surface area contributed by atoms with Gasteiger partial charge in [-0.25, -0.2) is 0 Å². The maximum atomic E-state index is 9.72. The average molecular weight is 321 g/mol. The summed E-state index contributed by atoms with van der Waals surface area (Å²) in [5.74, 6) is 0.522. The minimum Gasteiger partial charge on any atom is -0.392 e. The third-order valence-corrected chi connectivity index (χ3v) is 3.43. The zero-order valence-corrected chi connectivity index (χ0v) is 12.6. The maximum absolute atomic E-state index is 9.72. The van der Waals surface area contributed by atoms with Gasteiger partial charge in [0.1, 0.15) is 0 Å². The predicted octanol–water partition coefficient (Wildman–Crippen LogP) is 3.60. The largest absolute Gasteiger partial charge is 0.392 e. The summed E-state index contributed by atoms with van der Waals surface area (Å²) in [6.45, 7) is 5.57. The summed E-state index contributed by atoms with van der Waals surface area (Å²) in [5.41, 5.74) is 1.14. The second-order valence-corrected chi connectivity index (χ2v) is 5.94. The van der Waals surface area contributed by atoms with Gasteiger partial charge in [0.2, 0.25) is 0 Å². The summed E-state index contributed by atoms with van der Waals surface area (Å²) < 4.78 is 0.996. The van der Waals surface area contributed by atoms with E-state index in [1.807, 2.05) is 18.2 Å². The molecular weight excluding hydrogens is 302 g/mol. The molecule has 0 aliphatic rings. The Bertz CT molecular complexity index is 357. The van der Waals surface area contributed by atoms with E-state index in [1.165, 1.54) is 0 Å². The van der Waals surface area contributed by atoms with Crippen LogP contribution < -0.4 is 5.32 Å². The first-order chi connectivity index (χ1) is 7.99. The van der Waals surface area contributed by atoms with Crippen molar-refractivity contribution in [3.8, 4) is 0 Å². The lowest BCUT2D eigenvalue weighted by atomic mass is 10.1. The van der Waals surface area contributed by atoms with Crippen LogP contribution in [0.1, 0.15) is 25.8 Å². The molecule has 2 nitrogen and oxygen atoms in total. The van der Waals surface area contributed by atoms with Gasteiger partial charge in [0.05, 0.1) is 6.10 Å². The average Bonchev–Trinajstić information content (AvgIpc) is 2.20. The number of hydrogen-bond donors (Lipinski definition) is 2. The third kappa shape index (κ3) is 5.87. The minimum absolute atomic E-state index is 0.277. The first-order valence-corrected chi connectivity index (χ1v) is 6.99. The van der Waals surface area contributed by atoms with Crippen LogP contribution >= 0.6 is 27.5 Å². The summed E-state index contributed by atoms with van der Waals surface area (Å²) in [4.78, 5) is 0. The molecule has 1 aromatic carbocycles. The van der Waals surface area contributed by atoms with Crippen LogP contribution in [0.15, 0.2) is 22.7 Å². The van der Waals surface area contributed by atoms with Crippen molar-refractivity contribution in [2.45, 2.75) is 32.9 Å². The Morgan fingerprint density at radius 3 is 2.71 bits per heavy atom. The Balaban J connectivity index is 2.35. The molecule has 0 saturated heterocycles. The molecule has 0 aliphatic carbocycles. The molecule has 17 heavy (non-hydrogen) atoms. The van der Waals surface area contributed by atoms with Crippen LogP contribution in [0.5, 0.6) is 0 Å². The lowest BCUT2D eigenvalue weighted by Crippen LogP contribution is -2.27. The van der Waals surface area contributed by atoms with Gasteiger partial charge in [0.25, 0.3) is 0 Å². The summed E-state index contributed by atoms with van der Waals surface area (Å²) in [6.07, 6.45) is 0.551. The topological polar surface area (TPSA) is 32.3 Å². The highest BCUT2D eigenvalue weighted by Gasteiger charge is 2.07. The van der Waals surface area contributed by atoms with Gasteiger partial charge in [-0.05, 0) is 30.0 Å². The van der Waals surface area contributed by atoms with Gasteiger partial charge in [0, 0.05) is 22.6 Å². The minimum atomic E-state index is -0.277. The van der Waals surface area contributed by atoms with Crippen molar-refractivity contribution in [1.82, 2.24) is 5.32 Å². The molecule has 0 amide bonds. The van der Waals surface area contributed by atoms with E-state index in [1.54, 1.807) is 0 Å². The van der Waals surface area contributed by atoms with Gasteiger partial charge in [-0.1, -0.05) is 47.4 Å². The fraction of sp³-hybridized carbons (Fsp3) is 0.538. The van der Waals surface area contributed by atoms with Crippen molar-refractivity contribution in [3.63, 3.8) is 0 Å². The van der Waals surface area contributed by atoms with Crippen molar-refractivity contribution in [2.75, 3.05) is 6.54 Å². The molecule has 96 valence electrons. The Labute approximate surface area is 117 Å². The second kappa shape index (κ2) is 7.37. The lowest BCUT2D eigenvalue weighted by Gasteiger charge is -2.14. The van der Waals surface area contributed by atoms with Gasteiger partial charge >= 0.3 is 0 Å². The fourth-order valence-electron chi connectivity index (χ4n) is 1.67. The Morgan fingerprint density at radius 1 is 1.41 bits per heavy atom. The van der Waals surface area contributed by atoms with Crippen molar-refractivity contribution in [1.29, 1.82) is 0 Å². The van der Waals surface area contributed by atoms with Gasteiger partial charge in [-0.3, -0.25) is 0 Å². The normalized spacial score (nSPS) is 13.1. The number of halogens is 2. The predicted molar refractivity (Wildman–Crippen MR) is 76.3 cm³/mol. The van der Waals surface area contributed by atoms with Crippen LogP contribution in [0, 0.1) is 5.92 Å². The third-order valence-electron chi connectivity index (χ3n) is 2.45.